The first-order chi connectivity index (χ1) is 13.2. The van der Waals surface area contributed by atoms with E-state index in [4.69, 9.17) is 4.74 Å². The molecule has 4 rings (SSSR count). The molecule has 1 aliphatic heterocycles. The Balaban J connectivity index is 1.38. The highest BCUT2D eigenvalue weighted by molar-refractivity contribution is 8.00. The van der Waals surface area contributed by atoms with E-state index in [1.54, 1.807) is 23.1 Å². The topological polar surface area (TPSA) is 51.2 Å². The van der Waals surface area contributed by atoms with Crippen molar-refractivity contribution in [2.45, 2.75) is 29.5 Å². The summed E-state index contributed by atoms with van der Waals surface area (Å²) in [5, 5.41) is 5.20. The fourth-order valence-electron chi connectivity index (χ4n) is 3.03. The van der Waals surface area contributed by atoms with E-state index in [0.717, 1.165) is 33.5 Å². The maximum atomic E-state index is 12.7. The number of thioether (sulfide) groups is 1. The number of hydrogen-bond acceptors (Lipinski definition) is 5. The molecule has 0 radical (unpaired) electrons. The zero-order valence-electron chi connectivity index (χ0n) is 15.0. The average molecular weight is 397 g/mol. The molecule has 0 fully saturated rings. The number of aryl methyl sites for hydroxylation is 1. The van der Waals surface area contributed by atoms with Crippen LogP contribution in [0.4, 0.5) is 0 Å². The van der Waals surface area contributed by atoms with Gasteiger partial charge in [0, 0.05) is 34.4 Å². The molecular weight excluding hydrogens is 376 g/mol. The summed E-state index contributed by atoms with van der Waals surface area (Å²) in [6.07, 6.45) is 0.782. The molecule has 3 aromatic rings. The number of hydrogen-bond donors (Lipinski definition) is 1. The highest BCUT2D eigenvalue weighted by Gasteiger charge is 2.23. The van der Waals surface area contributed by atoms with Gasteiger partial charge in [0.1, 0.15) is 10.1 Å². The third-order valence-electron chi connectivity index (χ3n) is 4.44. The summed E-state index contributed by atoms with van der Waals surface area (Å²) >= 11 is 3.39. The maximum Gasteiger partial charge on any atom is 0.251 e. The van der Waals surface area contributed by atoms with Gasteiger partial charge >= 0.3 is 0 Å². The van der Waals surface area contributed by atoms with Gasteiger partial charge in [-0.3, -0.25) is 4.79 Å². The van der Waals surface area contributed by atoms with Crippen LogP contribution < -0.4 is 10.1 Å². The van der Waals surface area contributed by atoms with Gasteiger partial charge in [-0.1, -0.05) is 42.1 Å². The fourth-order valence-corrected chi connectivity index (χ4v) is 4.83. The Morgan fingerprint density at radius 3 is 2.85 bits per heavy atom. The van der Waals surface area contributed by atoms with Crippen LogP contribution in [-0.4, -0.2) is 17.5 Å². The number of ether oxygens (including phenoxy) is 1. The molecule has 0 bridgehead atoms. The molecule has 0 aliphatic carbocycles. The van der Waals surface area contributed by atoms with Crippen LogP contribution in [0.15, 0.2) is 58.3 Å². The number of carbonyl (C=O) groups excluding carboxylic acids is 1. The van der Waals surface area contributed by atoms with E-state index in [1.165, 1.54) is 5.56 Å². The number of amides is 1. The highest BCUT2D eigenvalue weighted by Crippen LogP contribution is 2.31. The smallest absolute Gasteiger partial charge is 0.251 e. The SMILES string of the molecule is Cc1csc(SCc2ccc(C(=O)N[C@@H]3CCOc4ccccc43)cc2)n1. The second-order valence-corrected chi connectivity index (χ2v) is 8.52. The molecule has 1 aliphatic rings. The fraction of sp³-hybridized carbons (Fsp3) is 0.238. The average Bonchev–Trinajstić information content (AvgIpc) is 3.12. The third kappa shape index (κ3) is 4.34. The molecule has 0 unspecified atom stereocenters. The number of carbonyl (C=O) groups is 1. The summed E-state index contributed by atoms with van der Waals surface area (Å²) in [5.74, 6) is 1.66. The van der Waals surface area contributed by atoms with Crippen molar-refractivity contribution in [3.63, 3.8) is 0 Å². The normalized spacial score (nSPS) is 15.7. The molecule has 1 N–H and O–H groups in total. The standard InChI is InChI=1S/C21H20N2O2S2/c1-14-12-26-21(22-14)27-13-15-6-8-16(9-7-15)20(24)23-18-10-11-25-19-5-3-2-4-17(18)19/h2-9,12,18H,10-11,13H2,1H3,(H,23,24)/t18-/m1/s1. The van der Waals surface area contributed by atoms with Gasteiger partial charge in [0.05, 0.1) is 12.6 Å². The molecule has 1 aromatic heterocycles. The van der Waals surface area contributed by atoms with Crippen molar-refractivity contribution in [1.82, 2.24) is 10.3 Å². The number of aromatic nitrogens is 1. The Morgan fingerprint density at radius 2 is 2.07 bits per heavy atom. The van der Waals surface area contributed by atoms with Gasteiger partial charge in [-0.2, -0.15) is 0 Å². The monoisotopic (exact) mass is 396 g/mol. The van der Waals surface area contributed by atoms with Crippen molar-refractivity contribution in [1.29, 1.82) is 0 Å². The van der Waals surface area contributed by atoms with Crippen LogP contribution >= 0.6 is 23.1 Å². The van der Waals surface area contributed by atoms with Gasteiger partial charge in [-0.05, 0) is 30.7 Å². The number of nitrogens with one attached hydrogen (secondary N) is 1. The van der Waals surface area contributed by atoms with Crippen LogP contribution in [0, 0.1) is 6.92 Å². The molecular formula is C21H20N2O2S2. The summed E-state index contributed by atoms with van der Waals surface area (Å²) in [5.41, 5.74) is 3.96. The summed E-state index contributed by atoms with van der Waals surface area (Å²) < 4.78 is 6.74. The lowest BCUT2D eigenvalue weighted by Crippen LogP contribution is -2.32. The van der Waals surface area contributed by atoms with Crippen molar-refractivity contribution >= 4 is 29.0 Å². The quantitative estimate of drug-likeness (QED) is 0.617. The maximum absolute atomic E-state index is 12.7. The number of rotatable bonds is 5. The first-order valence-corrected chi connectivity index (χ1v) is 10.7. The zero-order chi connectivity index (χ0) is 18.6. The number of fused-ring (bicyclic) bond motifs is 1. The summed E-state index contributed by atoms with van der Waals surface area (Å²) in [6.45, 7) is 2.62. The number of benzene rings is 2. The lowest BCUT2D eigenvalue weighted by molar-refractivity contribution is 0.0925. The second-order valence-electron chi connectivity index (χ2n) is 6.44. The van der Waals surface area contributed by atoms with Crippen LogP contribution in [-0.2, 0) is 5.75 Å². The van der Waals surface area contributed by atoms with Gasteiger partial charge in [0.25, 0.3) is 5.91 Å². The van der Waals surface area contributed by atoms with Gasteiger partial charge in [0.2, 0.25) is 0 Å². The van der Waals surface area contributed by atoms with Crippen LogP contribution in [0.2, 0.25) is 0 Å². The molecule has 0 saturated carbocycles. The van der Waals surface area contributed by atoms with Crippen LogP contribution in [0.5, 0.6) is 5.75 Å². The Kier molecular flexibility index (Phi) is 5.45. The molecule has 4 nitrogen and oxygen atoms in total. The van der Waals surface area contributed by atoms with Crippen molar-refractivity contribution in [2.24, 2.45) is 0 Å². The molecule has 0 saturated heterocycles. The molecule has 0 spiro atoms. The summed E-state index contributed by atoms with van der Waals surface area (Å²) in [7, 11) is 0. The molecule has 1 amide bonds. The van der Waals surface area contributed by atoms with E-state index < -0.39 is 0 Å². The van der Waals surface area contributed by atoms with Gasteiger partial charge in [-0.25, -0.2) is 4.98 Å². The van der Waals surface area contributed by atoms with Crippen molar-refractivity contribution in [3.05, 3.63) is 76.3 Å². The van der Waals surface area contributed by atoms with Crippen LogP contribution in [0.1, 0.15) is 39.6 Å². The van der Waals surface area contributed by atoms with E-state index in [9.17, 15) is 4.79 Å². The molecule has 6 heteroatoms. The van der Waals surface area contributed by atoms with Crippen molar-refractivity contribution in [3.8, 4) is 5.75 Å². The predicted molar refractivity (Wildman–Crippen MR) is 110 cm³/mol. The van der Waals surface area contributed by atoms with E-state index in [1.807, 2.05) is 55.5 Å². The Bertz CT molecular complexity index is 937. The van der Waals surface area contributed by atoms with Crippen molar-refractivity contribution in [2.75, 3.05) is 6.61 Å². The Hall–Kier alpha value is -2.31. The Labute approximate surface area is 167 Å². The summed E-state index contributed by atoms with van der Waals surface area (Å²) in [6, 6.07) is 15.7. The van der Waals surface area contributed by atoms with Gasteiger partial charge in [0.15, 0.2) is 0 Å². The van der Waals surface area contributed by atoms with E-state index in [0.29, 0.717) is 12.2 Å². The Morgan fingerprint density at radius 1 is 1.26 bits per heavy atom. The largest absolute Gasteiger partial charge is 0.493 e. The lowest BCUT2D eigenvalue weighted by atomic mass is 10.00. The van der Waals surface area contributed by atoms with Crippen molar-refractivity contribution < 1.29 is 9.53 Å². The van der Waals surface area contributed by atoms with Crippen LogP contribution in [0.3, 0.4) is 0 Å². The lowest BCUT2D eigenvalue weighted by Gasteiger charge is -2.26. The first-order valence-electron chi connectivity index (χ1n) is 8.85. The summed E-state index contributed by atoms with van der Waals surface area (Å²) in [4.78, 5) is 17.1. The zero-order valence-corrected chi connectivity index (χ0v) is 16.6. The second kappa shape index (κ2) is 8.15. The third-order valence-corrected chi connectivity index (χ3v) is 6.65. The molecule has 2 aromatic carbocycles. The number of para-hydroxylation sites is 1. The van der Waals surface area contributed by atoms with E-state index in [-0.39, 0.29) is 11.9 Å². The highest BCUT2D eigenvalue weighted by atomic mass is 32.2. The molecule has 27 heavy (non-hydrogen) atoms. The number of thiazole rings is 1. The van der Waals surface area contributed by atoms with E-state index >= 15 is 0 Å². The molecule has 1 atom stereocenters. The number of nitrogens with zero attached hydrogens (tertiary/aromatic N) is 1. The van der Waals surface area contributed by atoms with E-state index in [2.05, 4.69) is 15.7 Å². The minimum Gasteiger partial charge on any atom is -0.493 e. The van der Waals surface area contributed by atoms with Gasteiger partial charge < -0.3 is 10.1 Å². The molecule has 138 valence electrons. The van der Waals surface area contributed by atoms with Crippen LogP contribution in [0.25, 0.3) is 0 Å². The van der Waals surface area contributed by atoms with Gasteiger partial charge in [-0.15, -0.1) is 11.3 Å². The minimum absolute atomic E-state index is 0.00850. The predicted octanol–water partition coefficient (Wildman–Crippen LogP) is 5.00. The minimum atomic E-state index is -0.0496. The molecule has 2 heterocycles. The first kappa shape index (κ1) is 18.1.